The van der Waals surface area contributed by atoms with Crippen molar-refractivity contribution >= 4 is 17.5 Å². The van der Waals surface area contributed by atoms with E-state index in [0.717, 1.165) is 11.3 Å². The molecule has 3 rings (SSSR count). The molecule has 0 radical (unpaired) electrons. The number of likely N-dealkylation sites (tertiary alicyclic amines) is 1. The molecule has 2 aliphatic rings. The first kappa shape index (κ1) is 15.0. The molecule has 118 valence electrons. The molecular weight excluding hydrogens is 280 g/mol. The van der Waals surface area contributed by atoms with Gasteiger partial charge in [-0.25, -0.2) is 0 Å². The second-order valence-electron chi connectivity index (χ2n) is 6.89. The van der Waals surface area contributed by atoms with E-state index in [2.05, 4.69) is 5.32 Å². The van der Waals surface area contributed by atoms with Crippen LogP contribution in [0.3, 0.4) is 0 Å². The lowest BCUT2D eigenvalue weighted by Gasteiger charge is -2.33. The number of anilines is 1. The van der Waals surface area contributed by atoms with Gasteiger partial charge in [-0.1, -0.05) is 13.8 Å². The van der Waals surface area contributed by atoms with Crippen LogP contribution < -0.4 is 5.32 Å². The van der Waals surface area contributed by atoms with Crippen molar-refractivity contribution < 1.29 is 14.7 Å². The van der Waals surface area contributed by atoms with Crippen LogP contribution >= 0.6 is 0 Å². The molecule has 1 fully saturated rings. The van der Waals surface area contributed by atoms with Gasteiger partial charge in [0.15, 0.2) is 0 Å². The number of benzene rings is 1. The average Bonchev–Trinajstić information content (AvgIpc) is 2.46. The normalized spacial score (nSPS) is 21.2. The molecule has 0 saturated carbocycles. The number of aliphatic hydroxyl groups is 1. The maximum Gasteiger partial charge on any atom is 0.253 e. The van der Waals surface area contributed by atoms with Gasteiger partial charge in [0.2, 0.25) is 5.91 Å². The molecule has 0 spiro atoms. The fraction of sp³-hybridized carbons (Fsp3) is 0.529. The zero-order valence-electron chi connectivity index (χ0n) is 13.1. The van der Waals surface area contributed by atoms with E-state index in [1.165, 1.54) is 0 Å². The highest BCUT2D eigenvalue weighted by Crippen LogP contribution is 2.37. The molecule has 5 heteroatoms. The van der Waals surface area contributed by atoms with Crippen LogP contribution in [-0.4, -0.2) is 41.0 Å². The summed E-state index contributed by atoms with van der Waals surface area (Å²) in [6, 6.07) is 5.50. The summed E-state index contributed by atoms with van der Waals surface area (Å²) < 4.78 is 0. The lowest BCUT2D eigenvalue weighted by Crippen LogP contribution is -2.40. The van der Waals surface area contributed by atoms with Gasteiger partial charge < -0.3 is 15.3 Å². The SMILES string of the molecule is CC1(C)CC(=O)Nc2ccc(C(=O)N3CCC(O)CC3)cc21. The van der Waals surface area contributed by atoms with Gasteiger partial charge in [-0.05, 0) is 36.6 Å². The van der Waals surface area contributed by atoms with Crippen LogP contribution in [0, 0.1) is 0 Å². The monoisotopic (exact) mass is 302 g/mol. The number of rotatable bonds is 1. The maximum atomic E-state index is 12.6. The summed E-state index contributed by atoms with van der Waals surface area (Å²) in [5, 5.41) is 12.4. The number of hydrogen-bond donors (Lipinski definition) is 2. The summed E-state index contributed by atoms with van der Waals surface area (Å²) in [4.78, 5) is 26.1. The molecule has 5 nitrogen and oxygen atoms in total. The Labute approximate surface area is 130 Å². The fourth-order valence-electron chi connectivity index (χ4n) is 3.29. The van der Waals surface area contributed by atoms with E-state index in [0.29, 0.717) is 37.9 Å². The Morgan fingerprint density at radius 2 is 2.00 bits per heavy atom. The number of amides is 2. The van der Waals surface area contributed by atoms with Crippen LogP contribution in [0.25, 0.3) is 0 Å². The Kier molecular flexibility index (Phi) is 3.68. The third-order valence-electron chi connectivity index (χ3n) is 4.62. The zero-order valence-corrected chi connectivity index (χ0v) is 13.1. The number of carbonyl (C=O) groups excluding carboxylic acids is 2. The van der Waals surface area contributed by atoms with Crippen molar-refractivity contribution in [3.63, 3.8) is 0 Å². The van der Waals surface area contributed by atoms with Gasteiger partial charge in [0.25, 0.3) is 5.91 Å². The van der Waals surface area contributed by atoms with Crippen molar-refractivity contribution in [2.24, 2.45) is 0 Å². The summed E-state index contributed by atoms with van der Waals surface area (Å²) in [5.41, 5.74) is 2.19. The van der Waals surface area contributed by atoms with Gasteiger partial charge in [-0.2, -0.15) is 0 Å². The van der Waals surface area contributed by atoms with Gasteiger partial charge in [0.1, 0.15) is 0 Å². The van der Waals surface area contributed by atoms with Gasteiger partial charge in [0.05, 0.1) is 6.10 Å². The topological polar surface area (TPSA) is 69.6 Å². The number of nitrogens with one attached hydrogen (secondary N) is 1. The van der Waals surface area contributed by atoms with Crippen LogP contribution in [0.1, 0.15) is 49.0 Å². The quantitative estimate of drug-likeness (QED) is 0.832. The predicted molar refractivity (Wildman–Crippen MR) is 83.9 cm³/mol. The molecule has 0 atom stereocenters. The highest BCUT2D eigenvalue weighted by molar-refractivity contribution is 5.99. The van der Waals surface area contributed by atoms with Gasteiger partial charge >= 0.3 is 0 Å². The Balaban J connectivity index is 1.87. The molecule has 2 amide bonds. The van der Waals surface area contributed by atoms with E-state index in [4.69, 9.17) is 0 Å². The third-order valence-corrected chi connectivity index (χ3v) is 4.62. The molecule has 22 heavy (non-hydrogen) atoms. The number of hydrogen-bond acceptors (Lipinski definition) is 3. The second-order valence-corrected chi connectivity index (χ2v) is 6.89. The lowest BCUT2D eigenvalue weighted by molar-refractivity contribution is -0.117. The maximum absolute atomic E-state index is 12.6. The van der Waals surface area contributed by atoms with Gasteiger partial charge in [-0.3, -0.25) is 9.59 Å². The third kappa shape index (κ3) is 2.73. The largest absolute Gasteiger partial charge is 0.393 e. The molecule has 1 saturated heterocycles. The van der Waals surface area contributed by atoms with Crippen molar-refractivity contribution in [3.05, 3.63) is 29.3 Å². The Hall–Kier alpha value is -1.88. The molecule has 1 aromatic rings. The van der Waals surface area contributed by atoms with E-state index < -0.39 is 0 Å². The molecule has 2 aliphatic heterocycles. The van der Waals surface area contributed by atoms with E-state index in [1.807, 2.05) is 26.0 Å². The second kappa shape index (κ2) is 5.39. The Morgan fingerprint density at radius 3 is 2.68 bits per heavy atom. The summed E-state index contributed by atoms with van der Waals surface area (Å²) in [6.45, 7) is 5.24. The first-order valence-electron chi connectivity index (χ1n) is 7.78. The van der Waals surface area contributed by atoms with Crippen molar-refractivity contribution in [1.29, 1.82) is 0 Å². The number of fused-ring (bicyclic) bond motifs is 1. The first-order valence-corrected chi connectivity index (χ1v) is 7.78. The van der Waals surface area contributed by atoms with Crippen LogP contribution in [0.2, 0.25) is 0 Å². The van der Waals surface area contributed by atoms with E-state index >= 15 is 0 Å². The molecule has 1 aromatic carbocycles. The van der Waals surface area contributed by atoms with Crippen LogP contribution in [-0.2, 0) is 10.2 Å². The van der Waals surface area contributed by atoms with Gasteiger partial charge in [-0.15, -0.1) is 0 Å². The average molecular weight is 302 g/mol. The molecule has 2 N–H and O–H groups in total. The van der Waals surface area contributed by atoms with E-state index in [1.54, 1.807) is 11.0 Å². The zero-order chi connectivity index (χ0) is 15.9. The molecule has 0 aromatic heterocycles. The molecule has 0 aliphatic carbocycles. The van der Waals surface area contributed by atoms with Crippen LogP contribution in [0.15, 0.2) is 18.2 Å². The Morgan fingerprint density at radius 1 is 1.32 bits per heavy atom. The predicted octanol–water partition coefficient (Wildman–Crippen LogP) is 1.90. The van der Waals surface area contributed by atoms with Crippen molar-refractivity contribution in [2.45, 2.75) is 44.6 Å². The number of aliphatic hydroxyl groups excluding tert-OH is 1. The Bertz CT molecular complexity index is 616. The number of piperidine rings is 1. The van der Waals surface area contributed by atoms with Crippen molar-refractivity contribution in [3.8, 4) is 0 Å². The van der Waals surface area contributed by atoms with E-state index in [-0.39, 0.29) is 23.3 Å². The summed E-state index contributed by atoms with van der Waals surface area (Å²) in [5.74, 6) is 0.0176. The first-order chi connectivity index (χ1) is 10.4. The highest BCUT2D eigenvalue weighted by atomic mass is 16.3. The molecule has 0 unspecified atom stereocenters. The minimum atomic E-state index is -0.290. The molecule has 0 bridgehead atoms. The van der Waals surface area contributed by atoms with Gasteiger partial charge in [0, 0.05) is 36.2 Å². The van der Waals surface area contributed by atoms with Crippen LogP contribution in [0.5, 0.6) is 0 Å². The van der Waals surface area contributed by atoms with Crippen molar-refractivity contribution in [1.82, 2.24) is 4.90 Å². The van der Waals surface area contributed by atoms with E-state index in [9.17, 15) is 14.7 Å². The number of carbonyl (C=O) groups is 2. The smallest absolute Gasteiger partial charge is 0.253 e. The van der Waals surface area contributed by atoms with Crippen molar-refractivity contribution in [2.75, 3.05) is 18.4 Å². The lowest BCUT2D eigenvalue weighted by atomic mass is 9.77. The summed E-state index contributed by atoms with van der Waals surface area (Å²) in [7, 11) is 0. The standard InChI is InChI=1S/C17H22N2O3/c1-17(2)10-15(21)18-14-4-3-11(9-13(14)17)16(22)19-7-5-12(20)6-8-19/h3-4,9,12,20H,5-8,10H2,1-2H3,(H,18,21). The minimum Gasteiger partial charge on any atom is -0.393 e. The number of nitrogens with zero attached hydrogens (tertiary/aromatic N) is 1. The molecule has 2 heterocycles. The van der Waals surface area contributed by atoms with Crippen LogP contribution in [0.4, 0.5) is 5.69 Å². The molecular formula is C17H22N2O3. The fourth-order valence-corrected chi connectivity index (χ4v) is 3.29. The highest BCUT2D eigenvalue weighted by Gasteiger charge is 2.33. The summed E-state index contributed by atoms with van der Waals surface area (Å²) >= 11 is 0. The summed E-state index contributed by atoms with van der Waals surface area (Å²) in [6.07, 6.45) is 1.41. The minimum absolute atomic E-state index is 0.00222.